The van der Waals surface area contributed by atoms with Gasteiger partial charge in [-0.2, -0.15) is 0 Å². The first kappa shape index (κ1) is 14.2. The van der Waals surface area contributed by atoms with Crippen molar-refractivity contribution < 1.29 is 9.84 Å². The van der Waals surface area contributed by atoms with Gasteiger partial charge in [-0.15, -0.1) is 0 Å². The van der Waals surface area contributed by atoms with E-state index in [0.717, 1.165) is 12.0 Å². The molecule has 2 heteroatoms. The second-order valence-electron chi connectivity index (χ2n) is 4.86. The molecular weight excluding hydrogens is 212 g/mol. The summed E-state index contributed by atoms with van der Waals surface area (Å²) in [5.74, 6) is 0.534. The molecule has 1 radical (unpaired) electrons. The number of ether oxygens (including phenoxy) is 1. The smallest absolute Gasteiger partial charge is 0.118 e. The Bertz CT molecular complexity index is 295. The minimum atomic E-state index is -0.617. The minimum absolute atomic E-state index is 0.275. The van der Waals surface area contributed by atoms with Crippen molar-refractivity contribution in [2.45, 2.75) is 45.8 Å². The summed E-state index contributed by atoms with van der Waals surface area (Å²) in [6, 6.07) is 9.56. The van der Waals surface area contributed by atoms with Crippen molar-refractivity contribution in [1.29, 1.82) is 0 Å². The van der Waals surface area contributed by atoms with Gasteiger partial charge >= 0.3 is 0 Å². The van der Waals surface area contributed by atoms with E-state index in [2.05, 4.69) is 20.8 Å². The Hall–Kier alpha value is -0.860. The summed E-state index contributed by atoms with van der Waals surface area (Å²) in [5, 5.41) is 11.9. The van der Waals surface area contributed by atoms with Crippen LogP contribution in [0.25, 0.3) is 0 Å². The molecule has 1 rings (SSSR count). The molecule has 0 bridgehead atoms. The summed E-state index contributed by atoms with van der Waals surface area (Å²) in [7, 11) is 0. The topological polar surface area (TPSA) is 29.1 Å². The first-order valence-electron chi connectivity index (χ1n) is 6.43. The quantitative estimate of drug-likeness (QED) is 0.657. The van der Waals surface area contributed by atoms with Crippen molar-refractivity contribution in [1.82, 2.24) is 0 Å². The predicted molar refractivity (Wildman–Crippen MR) is 69.4 cm³/mol. The highest BCUT2D eigenvalue weighted by molar-refractivity contribution is 5.16. The molecule has 0 amide bonds. The van der Waals surface area contributed by atoms with Gasteiger partial charge in [0, 0.05) is 6.61 Å². The third-order valence-electron chi connectivity index (χ3n) is 3.10. The summed E-state index contributed by atoms with van der Waals surface area (Å²) in [5.41, 5.74) is 0.879. The lowest BCUT2D eigenvalue weighted by Crippen LogP contribution is -2.16. The van der Waals surface area contributed by atoms with Crippen molar-refractivity contribution in [2.24, 2.45) is 5.92 Å². The molecule has 2 unspecified atom stereocenters. The molecule has 0 saturated carbocycles. The molecule has 0 N–H and O–H groups in total. The molecular formula is C15H23O2. The standard InChI is InChI=1S/C15H23O2/c1-12(2)13(3)17-11-7-10-15(16)14-8-5-4-6-9-14/h4-6,8-9,12-13,15H,7,10-11H2,1-3H3. The Morgan fingerprint density at radius 1 is 1.12 bits per heavy atom. The Balaban J connectivity index is 2.19. The van der Waals surface area contributed by atoms with Gasteiger partial charge in [-0.25, -0.2) is 5.11 Å². The second kappa shape index (κ2) is 7.46. The van der Waals surface area contributed by atoms with Gasteiger partial charge in [-0.1, -0.05) is 44.2 Å². The summed E-state index contributed by atoms with van der Waals surface area (Å²) in [6.07, 6.45) is 1.14. The van der Waals surface area contributed by atoms with Gasteiger partial charge in [-0.3, -0.25) is 0 Å². The maximum absolute atomic E-state index is 11.9. The van der Waals surface area contributed by atoms with Crippen LogP contribution in [0.1, 0.15) is 45.3 Å². The highest BCUT2D eigenvalue weighted by atomic mass is 16.5. The van der Waals surface area contributed by atoms with Gasteiger partial charge in [0.25, 0.3) is 0 Å². The third-order valence-corrected chi connectivity index (χ3v) is 3.10. The number of rotatable bonds is 7. The van der Waals surface area contributed by atoms with E-state index in [4.69, 9.17) is 4.74 Å². The SMILES string of the molecule is CC(C)C(C)OCCCC([O])c1ccccc1. The zero-order valence-corrected chi connectivity index (χ0v) is 11.1. The van der Waals surface area contributed by atoms with E-state index in [0.29, 0.717) is 18.9 Å². The molecule has 0 fully saturated rings. The maximum Gasteiger partial charge on any atom is 0.118 e. The second-order valence-corrected chi connectivity index (χ2v) is 4.86. The van der Waals surface area contributed by atoms with Gasteiger partial charge in [0.05, 0.1) is 6.10 Å². The van der Waals surface area contributed by atoms with Crippen molar-refractivity contribution in [3.63, 3.8) is 0 Å². The molecule has 0 heterocycles. The van der Waals surface area contributed by atoms with Gasteiger partial charge in [0.2, 0.25) is 0 Å². The summed E-state index contributed by atoms with van der Waals surface area (Å²) in [6.45, 7) is 7.05. The van der Waals surface area contributed by atoms with Crippen LogP contribution in [0.4, 0.5) is 0 Å². The average molecular weight is 235 g/mol. The average Bonchev–Trinajstić information content (AvgIpc) is 2.35. The van der Waals surface area contributed by atoms with Crippen LogP contribution in [-0.4, -0.2) is 12.7 Å². The molecule has 2 atom stereocenters. The lowest BCUT2D eigenvalue weighted by Gasteiger charge is -2.16. The van der Waals surface area contributed by atoms with Crippen LogP contribution in [0.3, 0.4) is 0 Å². The molecule has 0 aliphatic heterocycles. The molecule has 2 nitrogen and oxygen atoms in total. The Morgan fingerprint density at radius 3 is 2.35 bits per heavy atom. The molecule has 0 aliphatic carbocycles. The third kappa shape index (κ3) is 5.33. The number of benzene rings is 1. The highest BCUT2D eigenvalue weighted by Gasteiger charge is 2.10. The van der Waals surface area contributed by atoms with Crippen LogP contribution >= 0.6 is 0 Å². The van der Waals surface area contributed by atoms with Crippen molar-refractivity contribution in [3.8, 4) is 0 Å². The predicted octanol–water partition coefficient (Wildman–Crippen LogP) is 4.00. The summed E-state index contributed by atoms with van der Waals surface area (Å²) >= 11 is 0. The largest absolute Gasteiger partial charge is 0.378 e. The maximum atomic E-state index is 11.9. The fraction of sp³-hybridized carbons (Fsp3) is 0.600. The number of hydrogen-bond donors (Lipinski definition) is 0. The monoisotopic (exact) mass is 235 g/mol. The molecule has 0 saturated heterocycles. The Kier molecular flexibility index (Phi) is 6.23. The molecule has 0 aromatic heterocycles. The lowest BCUT2D eigenvalue weighted by atomic mass is 10.1. The van der Waals surface area contributed by atoms with Gasteiger partial charge < -0.3 is 4.74 Å². The molecule has 1 aromatic carbocycles. The van der Waals surface area contributed by atoms with Gasteiger partial charge in [0.15, 0.2) is 0 Å². The summed E-state index contributed by atoms with van der Waals surface area (Å²) in [4.78, 5) is 0. The van der Waals surface area contributed by atoms with Crippen LogP contribution in [0, 0.1) is 5.92 Å². The lowest BCUT2D eigenvalue weighted by molar-refractivity contribution is 0.0194. The Labute approximate surface area is 105 Å². The first-order valence-corrected chi connectivity index (χ1v) is 6.43. The van der Waals surface area contributed by atoms with Crippen LogP contribution < -0.4 is 0 Å². The summed E-state index contributed by atoms with van der Waals surface area (Å²) < 4.78 is 5.65. The molecule has 1 aromatic rings. The van der Waals surface area contributed by atoms with Crippen molar-refractivity contribution in [2.75, 3.05) is 6.61 Å². The zero-order chi connectivity index (χ0) is 12.7. The van der Waals surface area contributed by atoms with E-state index >= 15 is 0 Å². The fourth-order valence-corrected chi connectivity index (χ4v) is 1.56. The van der Waals surface area contributed by atoms with Crippen LogP contribution in [-0.2, 0) is 9.84 Å². The highest BCUT2D eigenvalue weighted by Crippen LogP contribution is 2.18. The Morgan fingerprint density at radius 2 is 1.76 bits per heavy atom. The van der Waals surface area contributed by atoms with Crippen LogP contribution in [0.15, 0.2) is 30.3 Å². The van der Waals surface area contributed by atoms with E-state index in [-0.39, 0.29) is 6.10 Å². The van der Waals surface area contributed by atoms with Crippen LogP contribution in [0.2, 0.25) is 0 Å². The van der Waals surface area contributed by atoms with Crippen molar-refractivity contribution in [3.05, 3.63) is 35.9 Å². The van der Waals surface area contributed by atoms with Gasteiger partial charge in [0.1, 0.15) is 6.10 Å². The van der Waals surface area contributed by atoms with E-state index < -0.39 is 6.10 Å². The molecule has 0 spiro atoms. The fourth-order valence-electron chi connectivity index (χ4n) is 1.56. The first-order chi connectivity index (χ1) is 8.11. The molecule has 95 valence electrons. The van der Waals surface area contributed by atoms with E-state index in [1.54, 1.807) is 0 Å². The normalized spacial score (nSPS) is 14.9. The van der Waals surface area contributed by atoms with E-state index in [9.17, 15) is 5.11 Å². The van der Waals surface area contributed by atoms with Gasteiger partial charge in [-0.05, 0) is 31.2 Å². The van der Waals surface area contributed by atoms with E-state index in [1.807, 2.05) is 30.3 Å². The molecule has 17 heavy (non-hydrogen) atoms. The minimum Gasteiger partial charge on any atom is -0.378 e. The van der Waals surface area contributed by atoms with Crippen LogP contribution in [0.5, 0.6) is 0 Å². The van der Waals surface area contributed by atoms with E-state index in [1.165, 1.54) is 0 Å². The van der Waals surface area contributed by atoms with Crippen molar-refractivity contribution >= 4 is 0 Å². The number of hydrogen-bond acceptors (Lipinski definition) is 1. The zero-order valence-electron chi connectivity index (χ0n) is 11.1. The molecule has 0 aliphatic rings.